The first-order valence-corrected chi connectivity index (χ1v) is 6.12. The largest absolute Gasteiger partial charge is 0.398 e. The average molecular weight is 297 g/mol. The SMILES string of the molecule is Nc1ccccc1CC(=O)Nc1ncnc(Cl)c1Cl. The number of carbonyl (C=O) groups is 1. The van der Waals surface area contributed by atoms with Gasteiger partial charge in [-0.15, -0.1) is 0 Å². The van der Waals surface area contributed by atoms with Crippen LogP contribution in [0.2, 0.25) is 10.2 Å². The van der Waals surface area contributed by atoms with Gasteiger partial charge in [0.05, 0.1) is 6.42 Å². The van der Waals surface area contributed by atoms with Crippen LogP contribution in [0.15, 0.2) is 30.6 Å². The Bertz CT molecular complexity index is 618. The van der Waals surface area contributed by atoms with Crippen molar-refractivity contribution in [1.29, 1.82) is 0 Å². The number of rotatable bonds is 3. The van der Waals surface area contributed by atoms with Crippen LogP contribution in [0.1, 0.15) is 5.56 Å². The number of para-hydroxylation sites is 1. The fourth-order valence-electron chi connectivity index (χ4n) is 1.48. The molecule has 3 N–H and O–H groups in total. The molecule has 0 aliphatic heterocycles. The van der Waals surface area contributed by atoms with Gasteiger partial charge in [0, 0.05) is 5.69 Å². The van der Waals surface area contributed by atoms with E-state index in [2.05, 4.69) is 15.3 Å². The van der Waals surface area contributed by atoms with Crippen molar-refractivity contribution < 1.29 is 4.79 Å². The van der Waals surface area contributed by atoms with E-state index in [1.54, 1.807) is 18.2 Å². The number of nitrogen functional groups attached to an aromatic ring is 1. The molecule has 0 aliphatic rings. The first kappa shape index (κ1) is 13.6. The highest BCUT2D eigenvalue weighted by Crippen LogP contribution is 2.25. The lowest BCUT2D eigenvalue weighted by atomic mass is 10.1. The molecule has 7 heteroatoms. The number of carbonyl (C=O) groups excluding carboxylic acids is 1. The highest BCUT2D eigenvalue weighted by Gasteiger charge is 2.12. The van der Waals surface area contributed by atoms with Crippen LogP contribution in [0.3, 0.4) is 0 Å². The van der Waals surface area contributed by atoms with Crippen LogP contribution in [0.5, 0.6) is 0 Å². The van der Waals surface area contributed by atoms with E-state index >= 15 is 0 Å². The molecule has 0 aliphatic carbocycles. The van der Waals surface area contributed by atoms with Crippen molar-refractivity contribution in [2.45, 2.75) is 6.42 Å². The van der Waals surface area contributed by atoms with Gasteiger partial charge in [0.2, 0.25) is 5.91 Å². The topological polar surface area (TPSA) is 80.9 Å². The molecule has 0 atom stereocenters. The Morgan fingerprint density at radius 1 is 1.26 bits per heavy atom. The van der Waals surface area contributed by atoms with Crippen LogP contribution in [-0.2, 0) is 11.2 Å². The predicted octanol–water partition coefficient (Wildman–Crippen LogP) is 2.55. The summed E-state index contributed by atoms with van der Waals surface area (Å²) in [7, 11) is 0. The maximum atomic E-state index is 11.9. The molecular weight excluding hydrogens is 287 g/mol. The van der Waals surface area contributed by atoms with Gasteiger partial charge in [0.25, 0.3) is 0 Å². The number of hydrogen-bond acceptors (Lipinski definition) is 4. The van der Waals surface area contributed by atoms with Gasteiger partial charge in [0.15, 0.2) is 11.0 Å². The molecule has 2 rings (SSSR count). The van der Waals surface area contributed by atoms with Crippen LogP contribution in [0, 0.1) is 0 Å². The molecule has 1 aromatic heterocycles. The standard InChI is InChI=1S/C12H10Cl2N4O/c13-10-11(14)16-6-17-12(10)18-9(19)5-7-3-1-2-4-8(7)15/h1-4,6H,5,15H2,(H,16,17,18,19). The van der Waals surface area contributed by atoms with Crippen molar-refractivity contribution in [2.75, 3.05) is 11.1 Å². The van der Waals surface area contributed by atoms with E-state index in [-0.39, 0.29) is 28.3 Å². The van der Waals surface area contributed by atoms with Crippen molar-refractivity contribution >= 4 is 40.6 Å². The van der Waals surface area contributed by atoms with Gasteiger partial charge < -0.3 is 11.1 Å². The van der Waals surface area contributed by atoms with Gasteiger partial charge in [0.1, 0.15) is 11.3 Å². The van der Waals surface area contributed by atoms with Gasteiger partial charge in [-0.05, 0) is 11.6 Å². The summed E-state index contributed by atoms with van der Waals surface area (Å²) < 4.78 is 0. The third-order valence-electron chi connectivity index (χ3n) is 2.41. The number of aromatic nitrogens is 2. The van der Waals surface area contributed by atoms with Crippen LogP contribution in [0.4, 0.5) is 11.5 Å². The molecule has 0 unspecified atom stereocenters. The van der Waals surface area contributed by atoms with Crippen LogP contribution >= 0.6 is 23.2 Å². The fourth-order valence-corrected chi connectivity index (χ4v) is 1.76. The van der Waals surface area contributed by atoms with Gasteiger partial charge in [-0.2, -0.15) is 0 Å². The molecule has 0 bridgehead atoms. The number of hydrogen-bond donors (Lipinski definition) is 2. The Morgan fingerprint density at radius 2 is 2.00 bits per heavy atom. The maximum Gasteiger partial charge on any atom is 0.230 e. The van der Waals surface area contributed by atoms with Crippen LogP contribution < -0.4 is 11.1 Å². The fraction of sp³-hybridized carbons (Fsp3) is 0.0833. The molecule has 0 fully saturated rings. The lowest BCUT2D eigenvalue weighted by Gasteiger charge is -2.07. The van der Waals surface area contributed by atoms with Crippen molar-refractivity contribution in [3.63, 3.8) is 0 Å². The smallest absolute Gasteiger partial charge is 0.230 e. The Balaban J connectivity index is 2.10. The van der Waals surface area contributed by atoms with E-state index in [0.717, 1.165) is 5.56 Å². The Labute approximate surface area is 119 Å². The lowest BCUT2D eigenvalue weighted by molar-refractivity contribution is -0.115. The number of halogens is 2. The van der Waals surface area contributed by atoms with E-state index < -0.39 is 0 Å². The van der Waals surface area contributed by atoms with Crippen molar-refractivity contribution in [2.24, 2.45) is 0 Å². The number of amides is 1. The van der Waals surface area contributed by atoms with Gasteiger partial charge >= 0.3 is 0 Å². The highest BCUT2D eigenvalue weighted by molar-refractivity contribution is 6.42. The minimum absolute atomic E-state index is 0.0891. The van der Waals surface area contributed by atoms with Crippen LogP contribution in [-0.4, -0.2) is 15.9 Å². The summed E-state index contributed by atoms with van der Waals surface area (Å²) in [4.78, 5) is 19.4. The van der Waals surface area contributed by atoms with Gasteiger partial charge in [-0.1, -0.05) is 41.4 Å². The summed E-state index contributed by atoms with van der Waals surface area (Å²) in [6.45, 7) is 0. The number of anilines is 2. The second-order valence-electron chi connectivity index (χ2n) is 3.75. The Morgan fingerprint density at radius 3 is 2.74 bits per heavy atom. The lowest BCUT2D eigenvalue weighted by Crippen LogP contribution is -2.16. The maximum absolute atomic E-state index is 11.9. The second kappa shape index (κ2) is 5.86. The Kier molecular flexibility index (Phi) is 4.19. The normalized spacial score (nSPS) is 10.2. The Hall–Kier alpha value is -1.85. The molecule has 0 radical (unpaired) electrons. The summed E-state index contributed by atoms with van der Waals surface area (Å²) in [6, 6.07) is 7.13. The quantitative estimate of drug-likeness (QED) is 0.674. The van der Waals surface area contributed by atoms with E-state index in [4.69, 9.17) is 28.9 Å². The van der Waals surface area contributed by atoms with Crippen molar-refractivity contribution in [3.8, 4) is 0 Å². The third-order valence-corrected chi connectivity index (χ3v) is 3.15. The molecule has 5 nitrogen and oxygen atoms in total. The summed E-state index contributed by atoms with van der Waals surface area (Å²) in [5.41, 5.74) is 7.06. The molecule has 19 heavy (non-hydrogen) atoms. The summed E-state index contributed by atoms with van der Waals surface area (Å²) in [5, 5.41) is 2.76. The summed E-state index contributed by atoms with van der Waals surface area (Å²) >= 11 is 11.6. The average Bonchev–Trinajstić information content (AvgIpc) is 2.38. The van der Waals surface area contributed by atoms with Crippen LogP contribution in [0.25, 0.3) is 0 Å². The molecule has 1 aromatic carbocycles. The zero-order chi connectivity index (χ0) is 13.8. The minimum atomic E-state index is -0.283. The van der Waals surface area contributed by atoms with E-state index in [9.17, 15) is 4.79 Å². The molecule has 98 valence electrons. The number of nitrogens with one attached hydrogen (secondary N) is 1. The third kappa shape index (κ3) is 3.33. The number of nitrogens with two attached hydrogens (primary N) is 1. The molecule has 1 amide bonds. The molecule has 0 saturated carbocycles. The molecule has 0 saturated heterocycles. The molecule has 1 heterocycles. The molecule has 2 aromatic rings. The molecular formula is C12H10Cl2N4O. The predicted molar refractivity (Wildman–Crippen MR) is 75.2 cm³/mol. The zero-order valence-electron chi connectivity index (χ0n) is 9.73. The van der Waals surface area contributed by atoms with Gasteiger partial charge in [-0.3, -0.25) is 4.79 Å². The first-order valence-electron chi connectivity index (χ1n) is 5.37. The van der Waals surface area contributed by atoms with Gasteiger partial charge in [-0.25, -0.2) is 9.97 Å². The van der Waals surface area contributed by atoms with Crippen molar-refractivity contribution in [1.82, 2.24) is 9.97 Å². The van der Waals surface area contributed by atoms with Crippen molar-refractivity contribution in [3.05, 3.63) is 46.3 Å². The second-order valence-corrected chi connectivity index (χ2v) is 4.49. The monoisotopic (exact) mass is 296 g/mol. The van der Waals surface area contributed by atoms with E-state index in [0.29, 0.717) is 5.69 Å². The minimum Gasteiger partial charge on any atom is -0.398 e. The number of benzene rings is 1. The van der Waals surface area contributed by atoms with E-state index in [1.165, 1.54) is 6.33 Å². The number of nitrogens with zero attached hydrogens (tertiary/aromatic N) is 2. The summed E-state index contributed by atoms with van der Waals surface area (Å²) in [6.07, 6.45) is 1.35. The first-order chi connectivity index (χ1) is 9.08. The zero-order valence-corrected chi connectivity index (χ0v) is 11.2. The van der Waals surface area contributed by atoms with E-state index in [1.807, 2.05) is 6.07 Å². The molecule has 0 spiro atoms. The highest BCUT2D eigenvalue weighted by atomic mass is 35.5. The summed E-state index contributed by atoms with van der Waals surface area (Å²) in [5.74, 6) is -0.101.